The number of piperidine rings is 1. The summed E-state index contributed by atoms with van der Waals surface area (Å²) in [6, 6.07) is 15.5. The zero-order chi connectivity index (χ0) is 26.1. The number of hydrogen-bond acceptors (Lipinski definition) is 6. The second-order valence-corrected chi connectivity index (χ2v) is 9.14. The van der Waals surface area contributed by atoms with E-state index in [1.54, 1.807) is 18.8 Å². The van der Waals surface area contributed by atoms with E-state index < -0.39 is 6.09 Å². The molecule has 1 fully saturated rings. The number of anilines is 1. The van der Waals surface area contributed by atoms with Crippen LogP contribution in [0, 0.1) is 0 Å². The van der Waals surface area contributed by atoms with Crippen molar-refractivity contribution in [1.29, 1.82) is 0 Å². The molecule has 0 saturated carbocycles. The van der Waals surface area contributed by atoms with Crippen molar-refractivity contribution < 1.29 is 14.6 Å². The van der Waals surface area contributed by atoms with Crippen LogP contribution in [0.15, 0.2) is 53.3 Å². The summed E-state index contributed by atoms with van der Waals surface area (Å²) in [5, 5.41) is 14.4. The van der Waals surface area contributed by atoms with Crippen LogP contribution < -0.4 is 15.2 Å². The predicted molar refractivity (Wildman–Crippen MR) is 142 cm³/mol. The number of benzene rings is 2. The highest BCUT2D eigenvalue weighted by Crippen LogP contribution is 2.34. The molecule has 10 nitrogen and oxygen atoms in total. The standard InChI is InChI=1S/C27H30N6O4/c1-4-33-25-22(23(30-33)17-8-6-5-7-9-17)26(34)29-24(28-25)20-11-10-19(16-21(20)37-3)32-14-12-18(13-15-32)31(2)27(35)36/h5-11,16,18H,4,12-15H2,1-3H3,(H,35,36)(H,28,29,34). The Morgan fingerprint density at radius 3 is 2.57 bits per heavy atom. The van der Waals surface area contributed by atoms with Gasteiger partial charge in [-0.1, -0.05) is 30.3 Å². The Balaban J connectivity index is 1.49. The van der Waals surface area contributed by atoms with Crippen LogP contribution in [0.25, 0.3) is 33.7 Å². The fourth-order valence-corrected chi connectivity index (χ4v) is 4.97. The van der Waals surface area contributed by atoms with Gasteiger partial charge >= 0.3 is 6.09 Å². The Bertz CT molecular complexity index is 1490. The summed E-state index contributed by atoms with van der Waals surface area (Å²) in [5.41, 5.74) is 3.39. The van der Waals surface area contributed by atoms with Crippen molar-refractivity contribution in [3.63, 3.8) is 0 Å². The Morgan fingerprint density at radius 2 is 1.92 bits per heavy atom. The summed E-state index contributed by atoms with van der Waals surface area (Å²) in [7, 11) is 3.22. The average molecular weight is 503 g/mol. The molecule has 0 aliphatic carbocycles. The number of ether oxygens (including phenoxy) is 1. The number of carbonyl (C=O) groups is 1. The van der Waals surface area contributed by atoms with E-state index in [4.69, 9.17) is 9.72 Å². The number of rotatable bonds is 6. The number of nitrogens with zero attached hydrogens (tertiary/aromatic N) is 5. The van der Waals surface area contributed by atoms with E-state index in [1.807, 2.05) is 55.5 Å². The smallest absolute Gasteiger partial charge is 0.407 e. The maximum Gasteiger partial charge on any atom is 0.407 e. The monoisotopic (exact) mass is 502 g/mol. The first-order valence-corrected chi connectivity index (χ1v) is 12.4. The van der Waals surface area contributed by atoms with Crippen LogP contribution in [-0.2, 0) is 6.54 Å². The van der Waals surface area contributed by atoms with Gasteiger partial charge in [0, 0.05) is 50.0 Å². The van der Waals surface area contributed by atoms with Crippen molar-refractivity contribution in [2.24, 2.45) is 0 Å². The van der Waals surface area contributed by atoms with Crippen molar-refractivity contribution >= 4 is 22.8 Å². The fourth-order valence-electron chi connectivity index (χ4n) is 4.97. The number of hydrogen-bond donors (Lipinski definition) is 2. The second kappa shape index (κ2) is 9.96. The second-order valence-electron chi connectivity index (χ2n) is 9.14. The lowest BCUT2D eigenvalue weighted by molar-refractivity contribution is 0.131. The number of nitrogens with one attached hydrogen (secondary N) is 1. The minimum absolute atomic E-state index is 0.0140. The van der Waals surface area contributed by atoms with Crippen molar-refractivity contribution in [3.05, 3.63) is 58.9 Å². The third kappa shape index (κ3) is 4.50. The number of aromatic nitrogens is 4. The molecular weight excluding hydrogens is 472 g/mol. The molecule has 10 heteroatoms. The quantitative estimate of drug-likeness (QED) is 0.408. The van der Waals surface area contributed by atoms with Gasteiger partial charge in [-0.2, -0.15) is 5.10 Å². The van der Waals surface area contributed by atoms with E-state index in [9.17, 15) is 14.7 Å². The van der Waals surface area contributed by atoms with Gasteiger partial charge in [0.15, 0.2) is 5.65 Å². The van der Waals surface area contributed by atoms with Crippen LogP contribution >= 0.6 is 0 Å². The average Bonchev–Trinajstić information content (AvgIpc) is 3.32. The lowest BCUT2D eigenvalue weighted by atomic mass is 10.0. The van der Waals surface area contributed by atoms with E-state index in [-0.39, 0.29) is 11.6 Å². The molecule has 1 aliphatic heterocycles. The molecule has 4 aromatic rings. The summed E-state index contributed by atoms with van der Waals surface area (Å²) in [4.78, 5) is 35.9. The van der Waals surface area contributed by atoms with Gasteiger partial charge in [0.05, 0.1) is 12.7 Å². The van der Waals surface area contributed by atoms with Gasteiger partial charge < -0.3 is 24.6 Å². The number of aryl methyl sites for hydroxylation is 1. The highest BCUT2D eigenvalue weighted by Gasteiger charge is 2.26. The van der Waals surface area contributed by atoms with E-state index in [0.717, 1.165) is 37.2 Å². The van der Waals surface area contributed by atoms with Crippen LogP contribution in [0.2, 0.25) is 0 Å². The third-order valence-electron chi connectivity index (χ3n) is 7.07. The van der Waals surface area contributed by atoms with Gasteiger partial charge in [0.25, 0.3) is 5.56 Å². The van der Waals surface area contributed by atoms with Crippen LogP contribution in [0.5, 0.6) is 5.75 Å². The lowest BCUT2D eigenvalue weighted by Crippen LogP contribution is -2.45. The number of methoxy groups -OCH3 is 1. The van der Waals surface area contributed by atoms with E-state index in [2.05, 4.69) is 15.0 Å². The van der Waals surface area contributed by atoms with Gasteiger partial charge in [-0.05, 0) is 31.9 Å². The van der Waals surface area contributed by atoms with Crippen LogP contribution in [-0.4, -0.2) is 69.1 Å². The van der Waals surface area contributed by atoms with Crippen molar-refractivity contribution in [1.82, 2.24) is 24.6 Å². The molecule has 0 atom stereocenters. The van der Waals surface area contributed by atoms with E-state index in [1.165, 1.54) is 4.90 Å². The van der Waals surface area contributed by atoms with Crippen LogP contribution in [0.1, 0.15) is 19.8 Å². The number of H-pyrrole nitrogens is 1. The summed E-state index contributed by atoms with van der Waals surface area (Å²) in [6.07, 6.45) is 0.606. The lowest BCUT2D eigenvalue weighted by Gasteiger charge is -2.37. The molecule has 0 spiro atoms. The van der Waals surface area contributed by atoms with Gasteiger partial charge in [-0.25, -0.2) is 14.5 Å². The van der Waals surface area contributed by atoms with Crippen LogP contribution in [0.4, 0.5) is 10.5 Å². The largest absolute Gasteiger partial charge is 0.496 e. The number of fused-ring (bicyclic) bond motifs is 1. The normalized spacial score (nSPS) is 14.2. The maximum absolute atomic E-state index is 13.3. The Hall–Kier alpha value is -4.34. The minimum atomic E-state index is -0.900. The number of amides is 1. The van der Waals surface area contributed by atoms with E-state index >= 15 is 0 Å². The molecule has 1 aliphatic rings. The fraction of sp³-hybridized carbons (Fsp3) is 0.333. The number of carboxylic acid groups (broad SMARTS) is 1. The van der Waals surface area contributed by atoms with Gasteiger partial charge in [0.2, 0.25) is 0 Å². The maximum atomic E-state index is 13.3. The summed E-state index contributed by atoms with van der Waals surface area (Å²) < 4.78 is 7.45. The summed E-state index contributed by atoms with van der Waals surface area (Å²) in [6.45, 7) is 4.02. The van der Waals surface area contributed by atoms with Gasteiger partial charge in [-0.3, -0.25) is 4.79 Å². The van der Waals surface area contributed by atoms with Gasteiger partial charge in [0.1, 0.15) is 22.7 Å². The minimum Gasteiger partial charge on any atom is -0.496 e. The molecule has 5 rings (SSSR count). The van der Waals surface area contributed by atoms with Crippen LogP contribution in [0.3, 0.4) is 0 Å². The first-order chi connectivity index (χ1) is 17.9. The van der Waals surface area contributed by atoms with Crippen molar-refractivity contribution in [2.75, 3.05) is 32.1 Å². The molecule has 2 aromatic carbocycles. The Kier molecular flexibility index (Phi) is 6.56. The molecule has 0 bridgehead atoms. The zero-order valence-electron chi connectivity index (χ0n) is 21.1. The summed E-state index contributed by atoms with van der Waals surface area (Å²) >= 11 is 0. The molecule has 192 valence electrons. The third-order valence-corrected chi connectivity index (χ3v) is 7.07. The topological polar surface area (TPSA) is 117 Å². The zero-order valence-corrected chi connectivity index (χ0v) is 21.1. The molecule has 3 heterocycles. The highest BCUT2D eigenvalue weighted by atomic mass is 16.5. The van der Waals surface area contributed by atoms with Crippen molar-refractivity contribution in [3.8, 4) is 28.4 Å². The molecule has 1 saturated heterocycles. The molecule has 2 N–H and O–H groups in total. The molecule has 37 heavy (non-hydrogen) atoms. The SMILES string of the molecule is CCn1nc(-c2ccccc2)c2c(=O)[nH]c(-c3ccc(N4CCC(N(C)C(=O)O)CC4)cc3OC)nc21. The van der Waals surface area contributed by atoms with Crippen molar-refractivity contribution in [2.45, 2.75) is 32.4 Å². The molecule has 0 radical (unpaired) electrons. The van der Waals surface area contributed by atoms with Gasteiger partial charge in [-0.15, -0.1) is 0 Å². The molecule has 0 unspecified atom stereocenters. The Labute approximate surface area is 214 Å². The first kappa shape index (κ1) is 24.4. The Morgan fingerprint density at radius 1 is 1.19 bits per heavy atom. The molecule has 2 aromatic heterocycles. The van der Waals surface area contributed by atoms with E-state index in [0.29, 0.717) is 40.4 Å². The number of aromatic amines is 1. The molecular formula is C27H30N6O4. The molecule has 1 amide bonds. The first-order valence-electron chi connectivity index (χ1n) is 12.4. The summed E-state index contributed by atoms with van der Waals surface area (Å²) in [5.74, 6) is 1.01. The highest BCUT2D eigenvalue weighted by molar-refractivity contribution is 5.91. The predicted octanol–water partition coefficient (Wildman–Crippen LogP) is 4.06.